The van der Waals surface area contributed by atoms with Crippen molar-refractivity contribution in [1.29, 1.82) is 0 Å². The van der Waals surface area contributed by atoms with E-state index < -0.39 is 22.4 Å². The maximum absolute atomic E-state index is 13.1. The molecule has 0 unspecified atom stereocenters. The molecule has 5 nitrogen and oxygen atoms in total. The van der Waals surface area contributed by atoms with Crippen LogP contribution in [-0.4, -0.2) is 18.5 Å². The summed E-state index contributed by atoms with van der Waals surface area (Å²) in [4.78, 5) is 4.32. The number of benzene rings is 1. The van der Waals surface area contributed by atoms with Crippen LogP contribution in [0.15, 0.2) is 34.8 Å². The van der Waals surface area contributed by atoms with Crippen molar-refractivity contribution in [3.8, 4) is 0 Å². The van der Waals surface area contributed by atoms with Gasteiger partial charge in [-0.1, -0.05) is 6.07 Å². The van der Waals surface area contributed by atoms with Crippen LogP contribution in [-0.2, 0) is 23.2 Å². The van der Waals surface area contributed by atoms with E-state index in [4.69, 9.17) is 5.11 Å². The van der Waals surface area contributed by atoms with E-state index in [0.717, 1.165) is 17.0 Å². The monoisotopic (exact) mass is 302 g/mol. The fraction of sp³-hybridized carbons (Fsp3) is 0.182. The minimum Gasteiger partial charge on any atom is -0.392 e. The highest BCUT2D eigenvalue weighted by Crippen LogP contribution is 2.18. The molecule has 0 spiro atoms. The van der Waals surface area contributed by atoms with Crippen LogP contribution in [0, 0.1) is 5.82 Å². The van der Waals surface area contributed by atoms with E-state index in [1.54, 1.807) is 11.7 Å². The van der Waals surface area contributed by atoms with Crippen LogP contribution in [0.4, 0.5) is 4.39 Å². The van der Waals surface area contributed by atoms with Crippen LogP contribution >= 0.6 is 11.3 Å². The summed E-state index contributed by atoms with van der Waals surface area (Å²) in [5.41, 5.74) is 1.74. The van der Waals surface area contributed by atoms with Gasteiger partial charge in [-0.25, -0.2) is 17.5 Å². The van der Waals surface area contributed by atoms with Gasteiger partial charge in [0.05, 0.1) is 17.0 Å². The third-order valence-electron chi connectivity index (χ3n) is 2.41. The summed E-state index contributed by atoms with van der Waals surface area (Å²) in [6, 6.07) is 3.24. The Hall–Kier alpha value is -1.35. The lowest BCUT2D eigenvalue weighted by Gasteiger charge is -2.09. The third kappa shape index (κ3) is 3.35. The zero-order chi connectivity index (χ0) is 13.9. The second kappa shape index (κ2) is 5.74. The average Bonchev–Trinajstić information content (AvgIpc) is 2.89. The number of nitrogens with zero attached hydrogens (tertiary/aromatic N) is 1. The van der Waals surface area contributed by atoms with E-state index in [2.05, 4.69) is 9.71 Å². The van der Waals surface area contributed by atoms with E-state index in [0.29, 0.717) is 0 Å². The molecule has 0 bridgehead atoms. The van der Waals surface area contributed by atoms with Crippen molar-refractivity contribution in [3.05, 3.63) is 46.2 Å². The summed E-state index contributed by atoms with van der Waals surface area (Å²) >= 11 is 1.31. The van der Waals surface area contributed by atoms with Gasteiger partial charge in [-0.15, -0.1) is 11.3 Å². The highest BCUT2D eigenvalue weighted by atomic mass is 32.2. The average molecular weight is 302 g/mol. The number of hydrogen-bond donors (Lipinski definition) is 2. The van der Waals surface area contributed by atoms with E-state index >= 15 is 0 Å². The molecule has 0 aliphatic carbocycles. The number of aromatic nitrogens is 1. The lowest BCUT2D eigenvalue weighted by molar-refractivity contribution is 0.278. The number of thiazole rings is 1. The highest BCUT2D eigenvalue weighted by Gasteiger charge is 2.19. The molecular weight excluding hydrogens is 291 g/mol. The van der Waals surface area contributed by atoms with Gasteiger partial charge in [0, 0.05) is 17.6 Å². The molecule has 1 aromatic carbocycles. The molecule has 2 aromatic rings. The zero-order valence-corrected chi connectivity index (χ0v) is 11.3. The van der Waals surface area contributed by atoms with Crippen molar-refractivity contribution in [2.75, 3.05) is 0 Å². The molecule has 0 radical (unpaired) electrons. The Balaban J connectivity index is 2.26. The van der Waals surface area contributed by atoms with E-state index in [1.807, 2.05) is 0 Å². The molecular formula is C11H11FN2O3S2. The molecule has 2 N–H and O–H groups in total. The summed E-state index contributed by atoms with van der Waals surface area (Å²) in [5.74, 6) is -0.671. The van der Waals surface area contributed by atoms with Gasteiger partial charge in [0.1, 0.15) is 5.82 Å². The fourth-order valence-electron chi connectivity index (χ4n) is 1.48. The minimum atomic E-state index is -3.87. The number of sulfonamides is 1. The number of aliphatic hydroxyl groups is 1. The molecule has 1 heterocycles. The zero-order valence-electron chi connectivity index (χ0n) is 9.71. The first kappa shape index (κ1) is 14.1. The van der Waals surface area contributed by atoms with Gasteiger partial charge in [0.2, 0.25) is 10.0 Å². The molecule has 1 aromatic heterocycles. The normalized spacial score (nSPS) is 11.7. The van der Waals surface area contributed by atoms with Crippen molar-refractivity contribution in [2.24, 2.45) is 0 Å². The second-order valence-electron chi connectivity index (χ2n) is 3.70. The highest BCUT2D eigenvalue weighted by molar-refractivity contribution is 7.89. The Labute approximate surface area is 113 Å². The van der Waals surface area contributed by atoms with Gasteiger partial charge >= 0.3 is 0 Å². The molecule has 0 amide bonds. The number of aliphatic hydroxyl groups excluding tert-OH is 1. The quantitative estimate of drug-likeness (QED) is 0.871. The molecule has 8 heteroatoms. The predicted octanol–water partition coefficient (Wildman–Crippen LogP) is 1.25. The van der Waals surface area contributed by atoms with Crippen molar-refractivity contribution < 1.29 is 17.9 Å². The molecule has 0 atom stereocenters. The van der Waals surface area contributed by atoms with Crippen molar-refractivity contribution in [2.45, 2.75) is 18.0 Å². The Bertz CT molecular complexity index is 657. The van der Waals surface area contributed by atoms with E-state index in [9.17, 15) is 12.8 Å². The Morgan fingerprint density at radius 2 is 2.21 bits per heavy atom. The predicted molar refractivity (Wildman–Crippen MR) is 68.5 cm³/mol. The van der Waals surface area contributed by atoms with Crippen LogP contribution in [0.5, 0.6) is 0 Å². The first-order valence-corrected chi connectivity index (χ1v) is 7.65. The van der Waals surface area contributed by atoms with Gasteiger partial charge < -0.3 is 5.11 Å². The number of nitrogens with one attached hydrogen (secondary N) is 1. The number of hydrogen-bond acceptors (Lipinski definition) is 5. The van der Waals surface area contributed by atoms with E-state index in [1.165, 1.54) is 17.4 Å². The molecule has 0 saturated carbocycles. The van der Waals surface area contributed by atoms with Crippen LogP contribution in [0.1, 0.15) is 10.4 Å². The summed E-state index contributed by atoms with van der Waals surface area (Å²) in [6.07, 6.45) is 1.55. The first-order valence-electron chi connectivity index (χ1n) is 5.29. The Kier molecular flexibility index (Phi) is 4.25. The standard InChI is InChI=1S/C11H11FN2O3S2/c12-9-2-1-8(6-15)11(3-9)19(16,17)14-5-10-4-13-7-18-10/h1-4,7,14-15H,5-6H2. The van der Waals surface area contributed by atoms with E-state index in [-0.39, 0.29) is 17.0 Å². The summed E-state index contributed by atoms with van der Waals surface area (Å²) < 4.78 is 39.6. The van der Waals surface area contributed by atoms with Gasteiger partial charge in [-0.3, -0.25) is 4.98 Å². The van der Waals surface area contributed by atoms with Crippen LogP contribution < -0.4 is 4.72 Å². The maximum Gasteiger partial charge on any atom is 0.241 e. The van der Waals surface area contributed by atoms with Gasteiger partial charge in [-0.05, 0) is 17.7 Å². The molecule has 0 saturated heterocycles. The van der Waals surface area contributed by atoms with Crippen molar-refractivity contribution >= 4 is 21.4 Å². The Morgan fingerprint density at radius 3 is 2.84 bits per heavy atom. The maximum atomic E-state index is 13.1. The van der Waals surface area contributed by atoms with Crippen molar-refractivity contribution in [1.82, 2.24) is 9.71 Å². The SMILES string of the molecule is O=S(=O)(NCc1cncs1)c1cc(F)ccc1CO. The molecule has 0 aliphatic rings. The van der Waals surface area contributed by atoms with Crippen LogP contribution in [0.25, 0.3) is 0 Å². The topological polar surface area (TPSA) is 79.3 Å². The second-order valence-corrected chi connectivity index (χ2v) is 6.41. The van der Waals surface area contributed by atoms with Gasteiger partial charge in [-0.2, -0.15) is 0 Å². The number of rotatable bonds is 5. The minimum absolute atomic E-state index is 0.0778. The first-order chi connectivity index (χ1) is 9.03. The smallest absolute Gasteiger partial charge is 0.241 e. The van der Waals surface area contributed by atoms with Crippen molar-refractivity contribution in [3.63, 3.8) is 0 Å². The summed E-state index contributed by atoms with van der Waals surface area (Å²) in [5, 5.41) is 9.10. The third-order valence-corrected chi connectivity index (χ3v) is 4.67. The largest absolute Gasteiger partial charge is 0.392 e. The van der Waals surface area contributed by atoms with Gasteiger partial charge in [0.15, 0.2) is 0 Å². The molecule has 2 rings (SSSR count). The fourth-order valence-corrected chi connectivity index (χ4v) is 3.35. The molecule has 0 fully saturated rings. The molecule has 19 heavy (non-hydrogen) atoms. The summed E-state index contributed by atoms with van der Waals surface area (Å²) in [7, 11) is -3.87. The molecule has 102 valence electrons. The summed E-state index contributed by atoms with van der Waals surface area (Å²) in [6.45, 7) is -0.397. The number of halogens is 1. The van der Waals surface area contributed by atoms with Crippen LogP contribution in [0.3, 0.4) is 0 Å². The lowest BCUT2D eigenvalue weighted by atomic mass is 10.2. The Morgan fingerprint density at radius 1 is 1.42 bits per heavy atom. The lowest BCUT2D eigenvalue weighted by Crippen LogP contribution is -2.24. The molecule has 0 aliphatic heterocycles. The van der Waals surface area contributed by atoms with Crippen LogP contribution in [0.2, 0.25) is 0 Å². The van der Waals surface area contributed by atoms with Gasteiger partial charge in [0.25, 0.3) is 0 Å².